The summed E-state index contributed by atoms with van der Waals surface area (Å²) < 4.78 is 15.1. The highest BCUT2D eigenvalue weighted by Crippen LogP contribution is 2.60. The maximum Gasteiger partial charge on any atom is 0.135 e. The minimum Gasteiger partial charge on any atom is -0.489 e. The summed E-state index contributed by atoms with van der Waals surface area (Å²) in [5.41, 5.74) is 14.4. The van der Waals surface area contributed by atoms with Gasteiger partial charge in [0.15, 0.2) is 0 Å². The first kappa shape index (κ1) is 49.3. The Morgan fingerprint density at radius 2 is 0.593 bits per heavy atom. The minimum atomic E-state index is -0.902. The average molecular weight is 1050 g/mol. The number of ether oxygens (including phenoxy) is 2. The van der Waals surface area contributed by atoms with Gasteiger partial charge in [0.25, 0.3) is 0 Å². The van der Waals surface area contributed by atoms with E-state index in [0.29, 0.717) is 12.8 Å². The van der Waals surface area contributed by atoms with Crippen LogP contribution >= 0.6 is 0 Å². The van der Waals surface area contributed by atoms with Gasteiger partial charge in [-0.05, 0) is 186 Å². The van der Waals surface area contributed by atoms with E-state index < -0.39 is 17.6 Å². The molecule has 0 heterocycles. The van der Waals surface area contributed by atoms with Crippen molar-refractivity contribution >= 4 is 43.1 Å². The zero-order valence-corrected chi connectivity index (χ0v) is 45.3. The smallest absolute Gasteiger partial charge is 0.135 e. The molecule has 394 valence electrons. The van der Waals surface area contributed by atoms with Crippen molar-refractivity contribution in [1.82, 2.24) is 0 Å². The average Bonchev–Trinajstić information content (AvgIpc) is 3.83. The van der Waals surface area contributed by atoms with Gasteiger partial charge in [0.2, 0.25) is 0 Å². The molecule has 0 saturated heterocycles. The zero-order valence-electron chi connectivity index (χ0n) is 45.3. The third-order valence-corrected chi connectivity index (χ3v) is 18.0. The lowest BCUT2D eigenvalue weighted by Crippen LogP contribution is -2.30. The molecule has 4 heteroatoms. The van der Waals surface area contributed by atoms with Crippen molar-refractivity contribution in [1.29, 1.82) is 0 Å². The van der Waals surface area contributed by atoms with Crippen LogP contribution in [0.25, 0.3) is 98.7 Å². The van der Waals surface area contributed by atoms with Gasteiger partial charge in [-0.3, -0.25) is 0 Å². The Bertz CT molecular complexity index is 3920. The Morgan fingerprint density at radius 1 is 0.296 bits per heavy atom. The van der Waals surface area contributed by atoms with Crippen LogP contribution in [-0.2, 0) is 5.41 Å². The lowest BCUT2D eigenvalue weighted by Gasteiger charge is -2.37. The van der Waals surface area contributed by atoms with Gasteiger partial charge in [0.05, 0.1) is 17.6 Å². The maximum atomic E-state index is 11.2. The van der Waals surface area contributed by atoms with Gasteiger partial charge < -0.3 is 19.7 Å². The Hall–Kier alpha value is -8.80. The summed E-state index contributed by atoms with van der Waals surface area (Å²) in [4.78, 5) is 0. The maximum absolute atomic E-state index is 11.2. The van der Waals surface area contributed by atoms with Crippen molar-refractivity contribution < 1.29 is 19.7 Å². The highest BCUT2D eigenvalue weighted by molar-refractivity contribution is 5.98. The van der Waals surface area contributed by atoms with E-state index in [9.17, 15) is 10.2 Å². The molecule has 81 heavy (non-hydrogen) atoms. The highest BCUT2D eigenvalue weighted by atomic mass is 16.5. The Balaban J connectivity index is 1.09. The second-order valence-electron chi connectivity index (χ2n) is 23.0. The molecule has 4 nitrogen and oxygen atoms in total. The van der Waals surface area contributed by atoms with Gasteiger partial charge in [0.1, 0.15) is 23.7 Å². The highest BCUT2D eigenvalue weighted by Gasteiger charge is 2.48. The van der Waals surface area contributed by atoms with Gasteiger partial charge in [-0.15, -0.1) is 0 Å². The molecule has 0 spiro atoms. The molecule has 4 atom stereocenters. The summed E-state index contributed by atoms with van der Waals surface area (Å²) in [6.07, 6.45) is 5.04. The molecular formula is C77H62O4. The van der Waals surface area contributed by atoms with Crippen molar-refractivity contribution in [2.45, 2.75) is 81.2 Å². The topological polar surface area (TPSA) is 58.9 Å². The first-order valence-corrected chi connectivity index (χ1v) is 29.1. The quantitative estimate of drug-likeness (QED) is 0.143. The summed E-state index contributed by atoms with van der Waals surface area (Å²) in [5, 5.41) is 31.8. The lowest BCUT2D eigenvalue weighted by molar-refractivity contribution is 0.0537. The van der Waals surface area contributed by atoms with E-state index in [0.717, 1.165) is 127 Å². The van der Waals surface area contributed by atoms with E-state index in [1.54, 1.807) is 0 Å². The van der Waals surface area contributed by atoms with Gasteiger partial charge in [-0.1, -0.05) is 194 Å². The van der Waals surface area contributed by atoms with Crippen molar-refractivity contribution in [2.24, 2.45) is 0 Å². The molecule has 3 aliphatic carbocycles. The fourth-order valence-corrected chi connectivity index (χ4v) is 14.0. The second kappa shape index (κ2) is 20.4. The normalized spacial score (nSPS) is 18.4. The molecule has 0 radical (unpaired) electrons. The predicted octanol–water partition coefficient (Wildman–Crippen LogP) is 18.7. The van der Waals surface area contributed by atoms with Gasteiger partial charge >= 0.3 is 0 Å². The van der Waals surface area contributed by atoms with Crippen LogP contribution in [0, 0.1) is 0 Å². The molecule has 0 aliphatic heterocycles. The minimum absolute atomic E-state index is 0.174. The van der Waals surface area contributed by atoms with Crippen LogP contribution in [0.3, 0.4) is 0 Å². The van der Waals surface area contributed by atoms with Crippen molar-refractivity contribution in [3.63, 3.8) is 0 Å². The molecule has 12 aromatic carbocycles. The molecule has 0 bridgehead atoms. The number of fused-ring (bicyclic) bond motifs is 7. The fourth-order valence-electron chi connectivity index (χ4n) is 14.0. The van der Waals surface area contributed by atoms with E-state index in [1.165, 1.54) is 43.8 Å². The Kier molecular flexibility index (Phi) is 12.4. The fraction of sp³-hybridized carbons (Fsp3) is 0.169. The van der Waals surface area contributed by atoms with E-state index in [1.807, 2.05) is 0 Å². The molecule has 0 aromatic heterocycles. The molecule has 0 amide bonds. The van der Waals surface area contributed by atoms with Crippen LogP contribution in [0.1, 0.15) is 73.6 Å². The summed E-state index contributed by atoms with van der Waals surface area (Å²) in [7, 11) is 0. The van der Waals surface area contributed by atoms with Crippen LogP contribution in [-0.4, -0.2) is 34.6 Å². The molecule has 15 rings (SSSR count). The van der Waals surface area contributed by atoms with Crippen molar-refractivity contribution in [3.8, 4) is 67.1 Å². The van der Waals surface area contributed by atoms with Gasteiger partial charge in [0, 0.05) is 35.1 Å². The molecule has 2 fully saturated rings. The molecule has 12 aromatic rings. The summed E-state index contributed by atoms with van der Waals surface area (Å²) in [6.45, 7) is 0. The Labute approximate surface area is 473 Å². The number of aliphatic hydroxyl groups is 2. The largest absolute Gasteiger partial charge is 0.489 e. The number of benzene rings is 12. The third kappa shape index (κ3) is 8.77. The second-order valence-corrected chi connectivity index (χ2v) is 23.0. The van der Waals surface area contributed by atoms with E-state index >= 15 is 0 Å². The SMILES string of the molecule is OC1CCCC(Oc2c(-c3ccc4ccccc4c3)cc(C3(c4cc(-c5ccc6ccccc6c5)c(OC5CCCC(O)C5)c(-c5ccc6ccccc6c5)c4)c4ccccc4-c4ccccc43)cc2-c2ccc3ccccc3c2)C1. The van der Waals surface area contributed by atoms with Crippen LogP contribution in [0.15, 0.2) is 243 Å². The first-order valence-electron chi connectivity index (χ1n) is 29.1. The summed E-state index contributed by atoms with van der Waals surface area (Å²) in [5.74, 6) is 1.65. The van der Waals surface area contributed by atoms with Crippen LogP contribution in [0.5, 0.6) is 11.5 Å². The van der Waals surface area contributed by atoms with Crippen LogP contribution < -0.4 is 9.47 Å². The van der Waals surface area contributed by atoms with Crippen molar-refractivity contribution in [3.05, 3.63) is 265 Å². The molecule has 4 unspecified atom stereocenters. The third-order valence-electron chi connectivity index (χ3n) is 18.0. The standard InChI is InChI=1S/C77H62O4/c78-63-23-13-25-65(47-63)80-75-69(57-35-31-49-15-1-5-19-53(49)39-57)43-61(44-70(75)58-36-32-50-16-2-6-20-54(50)40-58)77(73-29-11-9-27-67(73)68-28-10-12-30-74(68)77)62-45-71(59-37-33-51-17-3-7-21-55(51)41-59)76(81-66-26-14-24-64(79)48-66)72(46-62)60-38-34-52-18-4-8-22-56(52)42-60/h1-12,15-22,27-46,63-66,78-79H,13-14,23-26,47-48H2. The Morgan fingerprint density at radius 3 is 0.914 bits per heavy atom. The summed E-state index contributed by atoms with van der Waals surface area (Å²) >= 11 is 0. The zero-order chi connectivity index (χ0) is 54.0. The molecule has 3 aliphatic rings. The number of hydrogen-bond acceptors (Lipinski definition) is 4. The monoisotopic (exact) mass is 1050 g/mol. The van der Waals surface area contributed by atoms with E-state index in [-0.39, 0.29) is 12.2 Å². The van der Waals surface area contributed by atoms with Gasteiger partial charge in [-0.2, -0.15) is 0 Å². The molecule has 2 saturated carbocycles. The predicted molar refractivity (Wildman–Crippen MR) is 333 cm³/mol. The van der Waals surface area contributed by atoms with Gasteiger partial charge in [-0.25, -0.2) is 0 Å². The van der Waals surface area contributed by atoms with E-state index in [2.05, 4.69) is 243 Å². The number of rotatable bonds is 10. The van der Waals surface area contributed by atoms with Crippen LogP contribution in [0.2, 0.25) is 0 Å². The molecule has 2 N–H and O–H groups in total. The number of hydrogen-bond donors (Lipinski definition) is 2. The first-order chi connectivity index (χ1) is 39.9. The number of aliphatic hydroxyl groups excluding tert-OH is 2. The van der Waals surface area contributed by atoms with E-state index in [4.69, 9.17) is 9.47 Å². The summed E-state index contributed by atoms with van der Waals surface area (Å²) in [6, 6.07) is 89.7. The molecular weight excluding hydrogens is 989 g/mol. The van der Waals surface area contributed by atoms with Crippen molar-refractivity contribution in [2.75, 3.05) is 0 Å². The lowest BCUT2D eigenvalue weighted by atomic mass is 9.66. The van der Waals surface area contributed by atoms with Crippen LogP contribution in [0.4, 0.5) is 0 Å².